The predicted molar refractivity (Wildman–Crippen MR) is 91.4 cm³/mol. The minimum Gasteiger partial charge on any atom is -0.438 e. The van der Waals surface area contributed by atoms with Crippen LogP contribution >= 0.6 is 0 Å². The molecule has 0 fully saturated rings. The number of anilines is 1. The number of ether oxygens (including phenoxy) is 1. The molecule has 2 aromatic rings. The largest absolute Gasteiger partial charge is 0.438 e. The summed E-state index contributed by atoms with van der Waals surface area (Å²) in [6.07, 6.45) is 3.48. The Hall–Kier alpha value is -3.16. The Balaban J connectivity index is 2.25. The highest BCUT2D eigenvalue weighted by atomic mass is 16.6. The number of nitrogen functional groups attached to an aromatic ring is 1. The molecular weight excluding hydrogens is 310 g/mol. The lowest BCUT2D eigenvalue weighted by atomic mass is 10.1. The van der Waals surface area contributed by atoms with Crippen molar-refractivity contribution in [3.63, 3.8) is 0 Å². The lowest BCUT2D eigenvalue weighted by Crippen LogP contribution is -2.03. The number of hydrogen-bond donors (Lipinski definition) is 1. The maximum Gasteiger partial charge on any atom is 0.233 e. The fourth-order valence-corrected chi connectivity index (χ4v) is 1.96. The van der Waals surface area contributed by atoms with Gasteiger partial charge in [-0.05, 0) is 36.2 Å². The third kappa shape index (κ3) is 4.19. The molecule has 1 heterocycles. The summed E-state index contributed by atoms with van der Waals surface area (Å²) in [5.74, 6) is 1.13. The maximum absolute atomic E-state index is 5.82. The zero-order valence-corrected chi connectivity index (χ0v) is 13.8. The Bertz CT molecular complexity index is 729. The topological polar surface area (TPSA) is 104 Å². The molecule has 0 aliphatic heterocycles. The molecule has 8 nitrogen and oxygen atoms in total. The van der Waals surface area contributed by atoms with Crippen molar-refractivity contribution in [1.29, 1.82) is 0 Å². The number of benzene rings is 1. The molecule has 1 aromatic carbocycles. The molecule has 1 aromatic heterocycles. The van der Waals surface area contributed by atoms with Crippen LogP contribution in [-0.4, -0.2) is 36.1 Å². The quantitative estimate of drug-likeness (QED) is 0.618. The summed E-state index contributed by atoms with van der Waals surface area (Å²) in [5, 5.41) is 7.67. The first-order valence-electron chi connectivity index (χ1n) is 7.24. The molecule has 0 amide bonds. The standard InChI is InChI=1S/C16H19N5O3/c1-4-14(21-23-3)11-5-7-12(8-6-11)24-16-13(9-20-22-2)15(17)18-10-19-16/h5-10H,4H2,1-3H3,(H2,17,18,19). The Kier molecular flexibility index (Phi) is 6.07. The minimum absolute atomic E-state index is 0.248. The normalized spacial score (nSPS) is 11.5. The van der Waals surface area contributed by atoms with Crippen LogP contribution in [-0.2, 0) is 9.68 Å². The SMILES string of the molecule is CCC(=NOC)c1ccc(Oc2ncnc(N)c2C=NOC)cc1. The molecular formula is C16H19N5O3. The van der Waals surface area contributed by atoms with Crippen LogP contribution in [0.5, 0.6) is 11.6 Å². The van der Waals surface area contributed by atoms with Crippen molar-refractivity contribution in [3.05, 3.63) is 41.7 Å². The van der Waals surface area contributed by atoms with E-state index in [0.717, 1.165) is 17.7 Å². The van der Waals surface area contributed by atoms with Crippen LogP contribution in [0.3, 0.4) is 0 Å². The van der Waals surface area contributed by atoms with Gasteiger partial charge in [-0.25, -0.2) is 9.97 Å². The maximum atomic E-state index is 5.82. The number of nitrogens with two attached hydrogens (primary N) is 1. The third-order valence-corrected chi connectivity index (χ3v) is 3.10. The molecule has 0 aliphatic rings. The molecule has 8 heteroatoms. The Morgan fingerprint density at radius 2 is 1.92 bits per heavy atom. The van der Waals surface area contributed by atoms with Crippen molar-refractivity contribution in [2.75, 3.05) is 20.0 Å². The van der Waals surface area contributed by atoms with Gasteiger partial charge in [0.1, 0.15) is 37.7 Å². The molecule has 0 unspecified atom stereocenters. The van der Waals surface area contributed by atoms with Gasteiger partial charge in [0.2, 0.25) is 5.88 Å². The van der Waals surface area contributed by atoms with E-state index in [2.05, 4.69) is 25.1 Å². The Morgan fingerprint density at radius 1 is 1.17 bits per heavy atom. The number of oxime groups is 2. The van der Waals surface area contributed by atoms with Gasteiger partial charge in [0, 0.05) is 0 Å². The molecule has 126 valence electrons. The number of hydrogen-bond acceptors (Lipinski definition) is 8. The van der Waals surface area contributed by atoms with Gasteiger partial charge in [-0.1, -0.05) is 17.2 Å². The van der Waals surface area contributed by atoms with Crippen LogP contribution in [0.4, 0.5) is 5.82 Å². The first kappa shape index (κ1) is 17.2. The lowest BCUT2D eigenvalue weighted by molar-refractivity contribution is 0.213. The highest BCUT2D eigenvalue weighted by Gasteiger charge is 2.10. The number of nitrogens with zero attached hydrogens (tertiary/aromatic N) is 4. The monoisotopic (exact) mass is 329 g/mol. The molecule has 0 saturated heterocycles. The fourth-order valence-electron chi connectivity index (χ4n) is 1.96. The highest BCUT2D eigenvalue weighted by Crippen LogP contribution is 2.25. The van der Waals surface area contributed by atoms with Gasteiger partial charge in [-0.15, -0.1) is 0 Å². The van der Waals surface area contributed by atoms with E-state index >= 15 is 0 Å². The van der Waals surface area contributed by atoms with E-state index in [1.807, 2.05) is 31.2 Å². The Labute approximate surface area is 139 Å². The predicted octanol–water partition coefficient (Wildman–Crippen LogP) is 2.59. The van der Waals surface area contributed by atoms with Crippen molar-refractivity contribution < 1.29 is 14.4 Å². The zero-order chi connectivity index (χ0) is 17.4. The second-order valence-corrected chi connectivity index (χ2v) is 4.60. The van der Waals surface area contributed by atoms with E-state index in [0.29, 0.717) is 11.3 Å². The van der Waals surface area contributed by atoms with E-state index < -0.39 is 0 Å². The van der Waals surface area contributed by atoms with E-state index in [1.165, 1.54) is 26.8 Å². The van der Waals surface area contributed by atoms with Crippen LogP contribution in [0.25, 0.3) is 0 Å². The second-order valence-electron chi connectivity index (χ2n) is 4.60. The molecule has 0 spiro atoms. The second kappa shape index (κ2) is 8.47. The van der Waals surface area contributed by atoms with Crippen LogP contribution < -0.4 is 10.5 Å². The molecule has 2 rings (SSSR count). The first-order valence-corrected chi connectivity index (χ1v) is 7.24. The summed E-state index contributed by atoms with van der Waals surface area (Å²) in [6.45, 7) is 2.01. The summed E-state index contributed by atoms with van der Waals surface area (Å²) >= 11 is 0. The van der Waals surface area contributed by atoms with Gasteiger partial charge in [0.15, 0.2) is 0 Å². The smallest absolute Gasteiger partial charge is 0.233 e. The van der Waals surface area contributed by atoms with Gasteiger partial charge in [-0.3, -0.25) is 0 Å². The van der Waals surface area contributed by atoms with Gasteiger partial charge >= 0.3 is 0 Å². The molecule has 0 radical (unpaired) electrons. The van der Waals surface area contributed by atoms with Crippen LogP contribution in [0.15, 0.2) is 40.9 Å². The molecule has 0 bridgehead atoms. The summed E-state index contributed by atoms with van der Waals surface area (Å²) in [5.41, 5.74) is 8.07. The molecule has 2 N–H and O–H groups in total. The van der Waals surface area contributed by atoms with Crippen LogP contribution in [0.1, 0.15) is 24.5 Å². The highest BCUT2D eigenvalue weighted by molar-refractivity contribution is 6.00. The zero-order valence-electron chi connectivity index (χ0n) is 13.8. The van der Waals surface area contributed by atoms with Crippen molar-refractivity contribution in [2.24, 2.45) is 10.3 Å². The molecule has 0 saturated carbocycles. The fraction of sp³-hybridized carbons (Fsp3) is 0.250. The summed E-state index contributed by atoms with van der Waals surface area (Å²) < 4.78 is 5.77. The van der Waals surface area contributed by atoms with Crippen molar-refractivity contribution >= 4 is 17.7 Å². The first-order chi connectivity index (χ1) is 11.7. The van der Waals surface area contributed by atoms with E-state index in [1.54, 1.807) is 0 Å². The van der Waals surface area contributed by atoms with E-state index in [9.17, 15) is 0 Å². The van der Waals surface area contributed by atoms with Gasteiger partial charge in [0.05, 0.1) is 11.9 Å². The lowest BCUT2D eigenvalue weighted by Gasteiger charge is -2.09. The van der Waals surface area contributed by atoms with Crippen LogP contribution in [0.2, 0.25) is 0 Å². The van der Waals surface area contributed by atoms with Crippen molar-refractivity contribution in [1.82, 2.24) is 9.97 Å². The summed E-state index contributed by atoms with van der Waals surface area (Å²) in [7, 11) is 2.96. The Morgan fingerprint density at radius 3 is 2.54 bits per heavy atom. The van der Waals surface area contributed by atoms with E-state index in [-0.39, 0.29) is 11.7 Å². The van der Waals surface area contributed by atoms with E-state index in [4.69, 9.17) is 15.3 Å². The third-order valence-electron chi connectivity index (χ3n) is 3.10. The average molecular weight is 329 g/mol. The average Bonchev–Trinajstić information content (AvgIpc) is 2.60. The summed E-state index contributed by atoms with van der Waals surface area (Å²) in [6, 6.07) is 7.41. The number of aromatic nitrogens is 2. The summed E-state index contributed by atoms with van der Waals surface area (Å²) in [4.78, 5) is 17.5. The number of rotatable bonds is 7. The minimum atomic E-state index is 0.248. The van der Waals surface area contributed by atoms with Gasteiger partial charge < -0.3 is 20.1 Å². The molecule has 0 atom stereocenters. The van der Waals surface area contributed by atoms with Gasteiger partial charge in [0.25, 0.3) is 0 Å². The van der Waals surface area contributed by atoms with Crippen molar-refractivity contribution in [3.8, 4) is 11.6 Å². The van der Waals surface area contributed by atoms with Crippen LogP contribution in [0, 0.1) is 0 Å². The molecule has 0 aliphatic carbocycles. The van der Waals surface area contributed by atoms with Gasteiger partial charge in [-0.2, -0.15) is 0 Å². The molecule has 24 heavy (non-hydrogen) atoms. The van der Waals surface area contributed by atoms with Crippen molar-refractivity contribution in [2.45, 2.75) is 13.3 Å².